The van der Waals surface area contributed by atoms with Crippen molar-refractivity contribution in [2.75, 3.05) is 13.2 Å². The second-order valence-corrected chi connectivity index (χ2v) is 6.25. The van der Waals surface area contributed by atoms with Crippen molar-refractivity contribution < 1.29 is 23.4 Å². The number of nitrogens with one attached hydrogen (secondary N) is 1. The molecule has 0 unspecified atom stereocenters. The zero-order valence-electron chi connectivity index (χ0n) is 9.63. The minimum absolute atomic E-state index is 0.0838. The predicted octanol–water partition coefficient (Wildman–Crippen LogP) is 0.887. The number of hydrogen-bond acceptors (Lipinski definition) is 5. The summed E-state index contributed by atoms with van der Waals surface area (Å²) in [7, 11) is -3.76. The third-order valence-electron chi connectivity index (χ3n) is 2.24. The van der Waals surface area contributed by atoms with Gasteiger partial charge in [-0.15, -0.1) is 11.3 Å². The molecule has 0 amide bonds. The molecular weight excluding hydrogens is 278 g/mol. The number of hydrogen-bond donors (Lipinski definition) is 3. The molecule has 0 aliphatic heterocycles. The third-order valence-corrected chi connectivity index (χ3v) is 4.77. The smallest absolute Gasteiger partial charge is 0.347 e. The van der Waals surface area contributed by atoms with E-state index in [-0.39, 0.29) is 22.9 Å². The molecule has 3 N–H and O–H groups in total. The summed E-state index contributed by atoms with van der Waals surface area (Å²) in [5.41, 5.74) is 0. The van der Waals surface area contributed by atoms with Crippen LogP contribution in [0.4, 0.5) is 0 Å². The van der Waals surface area contributed by atoms with Gasteiger partial charge in [-0.05, 0) is 30.7 Å². The summed E-state index contributed by atoms with van der Waals surface area (Å²) in [4.78, 5) is 10.5. The summed E-state index contributed by atoms with van der Waals surface area (Å²) in [6.45, 7) is 0.317. The first-order chi connectivity index (χ1) is 8.49. The topological polar surface area (TPSA) is 104 Å². The van der Waals surface area contributed by atoms with E-state index in [4.69, 9.17) is 10.2 Å². The molecule has 0 bridgehead atoms. The molecular formula is C10H15NO5S2. The zero-order valence-corrected chi connectivity index (χ0v) is 11.3. The number of rotatable bonds is 8. The Morgan fingerprint density at radius 2 is 2.06 bits per heavy atom. The van der Waals surface area contributed by atoms with Crippen LogP contribution in [0.2, 0.25) is 0 Å². The van der Waals surface area contributed by atoms with Gasteiger partial charge in [-0.2, -0.15) is 0 Å². The summed E-state index contributed by atoms with van der Waals surface area (Å²) < 4.78 is 26.0. The molecule has 1 aromatic heterocycles. The van der Waals surface area contributed by atoms with E-state index in [1.54, 1.807) is 0 Å². The number of thiophene rings is 1. The van der Waals surface area contributed by atoms with Crippen LogP contribution in [0.1, 0.15) is 28.9 Å². The highest BCUT2D eigenvalue weighted by molar-refractivity contribution is 7.89. The minimum Gasteiger partial charge on any atom is -0.477 e. The molecule has 0 saturated carbocycles. The number of carboxylic acid groups (broad SMARTS) is 1. The van der Waals surface area contributed by atoms with Crippen molar-refractivity contribution in [3.63, 3.8) is 0 Å². The number of unbranched alkanes of at least 4 members (excludes halogenated alkanes) is 2. The lowest BCUT2D eigenvalue weighted by molar-refractivity contribution is 0.0698. The Bertz CT molecular complexity index is 494. The van der Waals surface area contributed by atoms with E-state index in [1.165, 1.54) is 11.4 Å². The molecule has 1 rings (SSSR count). The molecule has 0 aliphatic carbocycles. The van der Waals surface area contributed by atoms with Gasteiger partial charge in [0.05, 0.1) is 0 Å². The Balaban J connectivity index is 2.63. The van der Waals surface area contributed by atoms with Crippen LogP contribution >= 0.6 is 11.3 Å². The molecule has 0 aromatic carbocycles. The average Bonchev–Trinajstić information content (AvgIpc) is 2.78. The van der Waals surface area contributed by atoms with Gasteiger partial charge in [0.15, 0.2) is 0 Å². The van der Waals surface area contributed by atoms with Gasteiger partial charge in [0.1, 0.15) is 9.77 Å². The molecule has 6 nitrogen and oxygen atoms in total. The van der Waals surface area contributed by atoms with Gasteiger partial charge < -0.3 is 10.2 Å². The van der Waals surface area contributed by atoms with Crippen LogP contribution in [0, 0.1) is 0 Å². The lowest BCUT2D eigenvalue weighted by Gasteiger charge is -2.05. The van der Waals surface area contributed by atoms with E-state index < -0.39 is 16.0 Å². The Hall–Kier alpha value is -0.960. The van der Waals surface area contributed by atoms with Crippen molar-refractivity contribution in [3.05, 3.63) is 16.3 Å². The van der Waals surface area contributed by atoms with Gasteiger partial charge in [-0.25, -0.2) is 17.9 Å². The maximum atomic E-state index is 11.8. The van der Waals surface area contributed by atoms with Crippen LogP contribution in [-0.2, 0) is 10.0 Å². The van der Waals surface area contributed by atoms with Gasteiger partial charge in [-0.1, -0.05) is 0 Å². The maximum absolute atomic E-state index is 11.8. The molecule has 0 aliphatic rings. The molecule has 0 fully saturated rings. The van der Waals surface area contributed by atoms with E-state index in [1.807, 2.05) is 0 Å². The highest BCUT2D eigenvalue weighted by Gasteiger charge is 2.23. The van der Waals surface area contributed by atoms with E-state index in [0.29, 0.717) is 19.3 Å². The molecule has 18 heavy (non-hydrogen) atoms. The van der Waals surface area contributed by atoms with E-state index in [2.05, 4.69) is 4.72 Å². The van der Waals surface area contributed by atoms with Crippen LogP contribution in [0.25, 0.3) is 0 Å². The standard InChI is InChI=1S/C10H15NO5S2/c12-6-3-1-2-5-11-18(15,16)8-4-7-17-9(8)10(13)14/h4,7,11-12H,1-3,5-6H2,(H,13,14). The molecule has 0 spiro atoms. The van der Waals surface area contributed by atoms with Crippen molar-refractivity contribution in [2.45, 2.75) is 24.2 Å². The zero-order chi connectivity index (χ0) is 13.6. The Kier molecular flexibility index (Phi) is 5.73. The molecule has 1 heterocycles. The predicted molar refractivity (Wildman–Crippen MR) is 67.4 cm³/mol. The van der Waals surface area contributed by atoms with Gasteiger partial charge >= 0.3 is 5.97 Å². The molecule has 0 atom stereocenters. The van der Waals surface area contributed by atoms with E-state index in [0.717, 1.165) is 11.3 Å². The number of sulfonamides is 1. The van der Waals surface area contributed by atoms with Crippen LogP contribution in [-0.4, -0.2) is 37.8 Å². The van der Waals surface area contributed by atoms with Crippen molar-refractivity contribution in [2.24, 2.45) is 0 Å². The van der Waals surface area contributed by atoms with Gasteiger partial charge in [0.2, 0.25) is 10.0 Å². The maximum Gasteiger partial charge on any atom is 0.347 e. The first-order valence-electron chi connectivity index (χ1n) is 5.40. The summed E-state index contributed by atoms with van der Waals surface area (Å²) in [5, 5.41) is 18.9. The monoisotopic (exact) mass is 293 g/mol. The number of carbonyl (C=O) groups is 1. The number of aromatic carboxylic acids is 1. The van der Waals surface area contributed by atoms with Crippen molar-refractivity contribution >= 4 is 27.3 Å². The second-order valence-electron chi connectivity index (χ2n) is 3.60. The minimum atomic E-state index is -3.76. The van der Waals surface area contributed by atoms with Gasteiger partial charge in [0, 0.05) is 13.2 Å². The molecule has 0 saturated heterocycles. The summed E-state index contributed by atoms with van der Waals surface area (Å²) >= 11 is 0.880. The Morgan fingerprint density at radius 3 is 2.67 bits per heavy atom. The average molecular weight is 293 g/mol. The number of aliphatic hydroxyl groups is 1. The second kappa shape index (κ2) is 6.83. The summed E-state index contributed by atoms with van der Waals surface area (Å²) in [6.07, 6.45) is 1.95. The largest absolute Gasteiger partial charge is 0.477 e. The fourth-order valence-electron chi connectivity index (χ4n) is 1.36. The normalized spacial score (nSPS) is 11.6. The van der Waals surface area contributed by atoms with Crippen molar-refractivity contribution in [3.8, 4) is 0 Å². The Labute approximate surface area is 109 Å². The molecule has 102 valence electrons. The van der Waals surface area contributed by atoms with Crippen molar-refractivity contribution in [1.82, 2.24) is 4.72 Å². The molecule has 0 radical (unpaired) electrons. The van der Waals surface area contributed by atoms with Gasteiger partial charge in [-0.3, -0.25) is 0 Å². The van der Waals surface area contributed by atoms with Crippen LogP contribution in [0.5, 0.6) is 0 Å². The van der Waals surface area contributed by atoms with E-state index >= 15 is 0 Å². The third kappa shape index (κ3) is 4.05. The fraction of sp³-hybridized carbons (Fsp3) is 0.500. The lowest BCUT2D eigenvalue weighted by Crippen LogP contribution is -2.25. The highest BCUT2D eigenvalue weighted by Crippen LogP contribution is 2.21. The van der Waals surface area contributed by atoms with Gasteiger partial charge in [0.25, 0.3) is 0 Å². The van der Waals surface area contributed by atoms with Crippen LogP contribution in [0.3, 0.4) is 0 Å². The summed E-state index contributed by atoms with van der Waals surface area (Å²) in [5.74, 6) is -1.24. The lowest BCUT2D eigenvalue weighted by atomic mass is 10.2. The number of carboxylic acids is 1. The molecule has 1 aromatic rings. The Morgan fingerprint density at radius 1 is 1.33 bits per heavy atom. The quantitative estimate of drug-likeness (QED) is 0.617. The fourth-order valence-corrected chi connectivity index (χ4v) is 3.69. The number of aliphatic hydroxyl groups excluding tert-OH is 1. The molecule has 8 heteroatoms. The highest BCUT2D eigenvalue weighted by atomic mass is 32.2. The SMILES string of the molecule is O=C(O)c1sccc1S(=O)(=O)NCCCCCO. The first kappa shape index (κ1) is 15.1. The van der Waals surface area contributed by atoms with Crippen molar-refractivity contribution in [1.29, 1.82) is 0 Å². The van der Waals surface area contributed by atoms with E-state index in [9.17, 15) is 13.2 Å². The van der Waals surface area contributed by atoms with Crippen LogP contribution < -0.4 is 4.72 Å². The van der Waals surface area contributed by atoms with Crippen LogP contribution in [0.15, 0.2) is 16.3 Å². The first-order valence-corrected chi connectivity index (χ1v) is 7.76. The summed E-state index contributed by atoms with van der Waals surface area (Å²) in [6, 6.07) is 1.28.